The highest BCUT2D eigenvalue weighted by Gasteiger charge is 2.15. The first-order valence-electron chi connectivity index (χ1n) is 7.01. The van der Waals surface area contributed by atoms with Crippen molar-refractivity contribution in [1.29, 1.82) is 0 Å². The van der Waals surface area contributed by atoms with Crippen molar-refractivity contribution in [1.82, 2.24) is 10.1 Å². The summed E-state index contributed by atoms with van der Waals surface area (Å²) < 4.78 is 4.88. The Balaban J connectivity index is 1.97. The Morgan fingerprint density at radius 2 is 2.17 bits per heavy atom. The molecule has 0 aliphatic carbocycles. The highest BCUT2D eigenvalue weighted by Crippen LogP contribution is 2.21. The Kier molecular flexibility index (Phi) is 5.07. The minimum atomic E-state index is -0.404. The maximum atomic E-state index is 11.9. The summed E-state index contributed by atoms with van der Waals surface area (Å²) >= 11 is 0. The number of nitro groups is 1. The van der Waals surface area contributed by atoms with Crippen molar-refractivity contribution >= 4 is 17.4 Å². The van der Waals surface area contributed by atoms with Gasteiger partial charge in [-0.3, -0.25) is 19.8 Å². The third-order valence-corrected chi connectivity index (χ3v) is 3.36. The molecule has 8 nitrogen and oxygen atoms in total. The average molecular weight is 318 g/mol. The second kappa shape index (κ2) is 7.01. The summed E-state index contributed by atoms with van der Waals surface area (Å²) in [5, 5.41) is 17.3. The van der Waals surface area contributed by atoms with Crippen LogP contribution in [0.2, 0.25) is 0 Å². The number of carbonyl (C=O) groups is 1. The third-order valence-electron chi connectivity index (χ3n) is 3.36. The van der Waals surface area contributed by atoms with Crippen molar-refractivity contribution in [3.05, 3.63) is 51.3 Å². The molecule has 0 saturated carbocycles. The number of hydrogen-bond donors (Lipinski definition) is 1. The fraction of sp³-hybridized carbons (Fsp3) is 0.333. The number of amides is 1. The van der Waals surface area contributed by atoms with Gasteiger partial charge < -0.3 is 9.84 Å². The van der Waals surface area contributed by atoms with E-state index in [0.29, 0.717) is 23.7 Å². The Hall–Kier alpha value is -2.74. The Labute approximate surface area is 133 Å². The Bertz CT molecular complexity index is 726. The summed E-state index contributed by atoms with van der Waals surface area (Å²) in [4.78, 5) is 24.3. The van der Waals surface area contributed by atoms with Crippen molar-refractivity contribution in [2.45, 2.75) is 20.4 Å². The first-order valence-corrected chi connectivity index (χ1v) is 7.01. The normalized spacial score (nSPS) is 10.8. The zero-order valence-electron chi connectivity index (χ0n) is 13.2. The molecule has 0 radical (unpaired) electrons. The standard InChI is InChI=1S/C15H18N4O4/c1-10-7-14(17-23-10)16-15(20)9-18(3)8-12-5-4-6-13(11(12)2)19(21)22/h4-7H,8-9H2,1-3H3,(H,16,17,20). The van der Waals surface area contributed by atoms with E-state index in [4.69, 9.17) is 4.52 Å². The van der Waals surface area contributed by atoms with Crippen molar-refractivity contribution in [2.75, 3.05) is 18.9 Å². The van der Waals surface area contributed by atoms with Crippen molar-refractivity contribution < 1.29 is 14.2 Å². The quantitative estimate of drug-likeness (QED) is 0.647. The molecule has 8 heteroatoms. The molecule has 1 N–H and O–H groups in total. The van der Waals surface area contributed by atoms with E-state index >= 15 is 0 Å². The lowest BCUT2D eigenvalue weighted by atomic mass is 10.1. The molecular formula is C15H18N4O4. The average Bonchev–Trinajstić information content (AvgIpc) is 2.85. The van der Waals surface area contributed by atoms with Crippen molar-refractivity contribution in [3.63, 3.8) is 0 Å². The van der Waals surface area contributed by atoms with E-state index in [1.54, 1.807) is 37.9 Å². The molecule has 1 heterocycles. The number of rotatable bonds is 6. The second-order valence-corrected chi connectivity index (χ2v) is 5.36. The first-order chi connectivity index (χ1) is 10.9. The van der Waals surface area contributed by atoms with E-state index < -0.39 is 4.92 Å². The van der Waals surface area contributed by atoms with Gasteiger partial charge in [-0.05, 0) is 26.5 Å². The van der Waals surface area contributed by atoms with Gasteiger partial charge in [0, 0.05) is 24.2 Å². The molecule has 0 saturated heterocycles. The highest BCUT2D eigenvalue weighted by atomic mass is 16.6. The molecule has 23 heavy (non-hydrogen) atoms. The minimum Gasteiger partial charge on any atom is -0.360 e. The fourth-order valence-corrected chi connectivity index (χ4v) is 2.24. The lowest BCUT2D eigenvalue weighted by Gasteiger charge is -2.17. The van der Waals surface area contributed by atoms with Crippen LogP contribution in [0, 0.1) is 24.0 Å². The van der Waals surface area contributed by atoms with Crippen LogP contribution in [0.3, 0.4) is 0 Å². The van der Waals surface area contributed by atoms with Crippen LogP contribution in [0.25, 0.3) is 0 Å². The number of nitrogens with zero attached hydrogens (tertiary/aromatic N) is 3. The van der Waals surface area contributed by atoms with Gasteiger partial charge in [0.15, 0.2) is 5.82 Å². The number of nitrogens with one attached hydrogen (secondary N) is 1. The maximum Gasteiger partial charge on any atom is 0.272 e. The molecule has 1 aromatic heterocycles. The lowest BCUT2D eigenvalue weighted by Crippen LogP contribution is -2.30. The first kappa shape index (κ1) is 16.6. The summed E-state index contributed by atoms with van der Waals surface area (Å²) in [5.74, 6) is 0.747. The summed E-state index contributed by atoms with van der Waals surface area (Å²) in [5.41, 5.74) is 1.50. The van der Waals surface area contributed by atoms with E-state index in [1.807, 2.05) is 6.07 Å². The zero-order valence-corrected chi connectivity index (χ0v) is 13.2. The number of aromatic nitrogens is 1. The van der Waals surface area contributed by atoms with Crippen molar-refractivity contribution in [2.24, 2.45) is 0 Å². The number of likely N-dealkylation sites (N-methyl/N-ethyl adjacent to an activating group) is 1. The van der Waals surface area contributed by atoms with Gasteiger partial charge in [-0.15, -0.1) is 0 Å². The Morgan fingerprint density at radius 3 is 2.78 bits per heavy atom. The Morgan fingerprint density at radius 1 is 1.43 bits per heavy atom. The SMILES string of the molecule is Cc1cc(NC(=O)CN(C)Cc2cccc([N+](=O)[O-])c2C)no1. The van der Waals surface area contributed by atoms with Crippen LogP contribution < -0.4 is 5.32 Å². The summed E-state index contributed by atoms with van der Waals surface area (Å²) in [6.45, 7) is 4.01. The van der Waals surface area contributed by atoms with Gasteiger partial charge in [-0.1, -0.05) is 17.3 Å². The summed E-state index contributed by atoms with van der Waals surface area (Å²) in [6.07, 6.45) is 0. The van der Waals surface area contributed by atoms with Crippen LogP contribution in [0.4, 0.5) is 11.5 Å². The molecular weight excluding hydrogens is 300 g/mol. The van der Waals surface area contributed by atoms with Gasteiger partial charge in [0.25, 0.3) is 5.69 Å². The van der Waals surface area contributed by atoms with Gasteiger partial charge in [0.1, 0.15) is 5.76 Å². The molecule has 0 atom stereocenters. The zero-order chi connectivity index (χ0) is 17.0. The molecule has 1 amide bonds. The molecule has 0 unspecified atom stereocenters. The number of anilines is 1. The van der Waals surface area contributed by atoms with Gasteiger partial charge >= 0.3 is 0 Å². The molecule has 0 aliphatic rings. The van der Waals surface area contributed by atoms with E-state index in [0.717, 1.165) is 5.56 Å². The molecule has 122 valence electrons. The number of carbonyl (C=O) groups excluding carboxylic acids is 1. The largest absolute Gasteiger partial charge is 0.360 e. The van der Waals surface area contributed by atoms with E-state index in [1.165, 1.54) is 6.07 Å². The molecule has 2 rings (SSSR count). The number of hydrogen-bond acceptors (Lipinski definition) is 6. The lowest BCUT2D eigenvalue weighted by molar-refractivity contribution is -0.385. The smallest absolute Gasteiger partial charge is 0.272 e. The molecule has 0 aliphatic heterocycles. The maximum absolute atomic E-state index is 11.9. The van der Waals surface area contributed by atoms with Crippen LogP contribution in [-0.2, 0) is 11.3 Å². The molecule has 0 fully saturated rings. The van der Waals surface area contributed by atoms with Crippen LogP contribution in [0.1, 0.15) is 16.9 Å². The number of aryl methyl sites for hydroxylation is 1. The summed E-state index contributed by atoms with van der Waals surface area (Å²) in [7, 11) is 1.77. The van der Waals surface area contributed by atoms with Crippen LogP contribution >= 0.6 is 0 Å². The van der Waals surface area contributed by atoms with Crippen LogP contribution in [0.5, 0.6) is 0 Å². The second-order valence-electron chi connectivity index (χ2n) is 5.36. The molecule has 2 aromatic rings. The van der Waals surface area contributed by atoms with Gasteiger partial charge in [-0.2, -0.15) is 0 Å². The van der Waals surface area contributed by atoms with E-state index in [2.05, 4.69) is 10.5 Å². The van der Waals surface area contributed by atoms with Gasteiger partial charge in [-0.25, -0.2) is 0 Å². The van der Waals surface area contributed by atoms with Crippen molar-refractivity contribution in [3.8, 4) is 0 Å². The minimum absolute atomic E-state index is 0.0819. The monoisotopic (exact) mass is 318 g/mol. The van der Waals surface area contributed by atoms with E-state index in [-0.39, 0.29) is 18.1 Å². The van der Waals surface area contributed by atoms with Gasteiger partial charge in [0.2, 0.25) is 5.91 Å². The van der Waals surface area contributed by atoms with Gasteiger partial charge in [0.05, 0.1) is 11.5 Å². The van der Waals surface area contributed by atoms with E-state index in [9.17, 15) is 14.9 Å². The fourth-order valence-electron chi connectivity index (χ4n) is 2.24. The molecule has 0 spiro atoms. The topological polar surface area (TPSA) is 102 Å². The predicted molar refractivity (Wildman–Crippen MR) is 84.0 cm³/mol. The van der Waals surface area contributed by atoms with Crippen LogP contribution in [0.15, 0.2) is 28.8 Å². The number of benzene rings is 1. The third kappa shape index (κ3) is 4.36. The highest BCUT2D eigenvalue weighted by molar-refractivity contribution is 5.91. The molecule has 0 bridgehead atoms. The molecule has 1 aromatic carbocycles. The summed E-state index contributed by atoms with van der Waals surface area (Å²) in [6, 6.07) is 6.56. The predicted octanol–water partition coefficient (Wildman–Crippen LogP) is 2.27. The number of nitro benzene ring substituents is 1. The van der Waals surface area contributed by atoms with Crippen LogP contribution in [-0.4, -0.2) is 34.5 Å².